The van der Waals surface area contributed by atoms with Crippen LogP contribution in [0.1, 0.15) is 123 Å². The Morgan fingerprint density at radius 1 is 0.476 bits per heavy atom. The second-order valence-corrected chi connectivity index (χ2v) is 31.6. The smallest absolute Gasteiger partial charge is 0.457 e. The van der Waals surface area contributed by atoms with Crippen molar-refractivity contribution in [2.24, 2.45) is 17.8 Å². The largest absolute Gasteiger partial charge is 0.503 e. The fourth-order valence-corrected chi connectivity index (χ4v) is 20.2. The van der Waals surface area contributed by atoms with E-state index in [1.165, 1.54) is 104 Å². The van der Waals surface area contributed by atoms with Crippen LogP contribution in [0.15, 0.2) is 206 Å². The Morgan fingerprint density at radius 2 is 1.05 bits per heavy atom. The van der Waals surface area contributed by atoms with E-state index in [0.29, 0.717) is 0 Å². The second kappa shape index (κ2) is 19.4. The Balaban J connectivity index is 0.921. The van der Waals surface area contributed by atoms with Crippen LogP contribution in [-0.4, -0.2) is 23.6 Å². The van der Waals surface area contributed by atoms with E-state index in [1.54, 1.807) is 0 Å². The van der Waals surface area contributed by atoms with Crippen LogP contribution in [0.2, 0.25) is 0 Å². The van der Waals surface area contributed by atoms with E-state index in [2.05, 4.69) is 282 Å². The predicted molar refractivity (Wildman–Crippen MR) is 345 cm³/mol. The number of benzene rings is 8. The molecule has 4 saturated carbocycles. The second-order valence-electron chi connectivity index (χ2n) is 27.8. The van der Waals surface area contributed by atoms with Gasteiger partial charge in [-0.15, -0.1) is 0 Å². The van der Waals surface area contributed by atoms with E-state index in [-0.39, 0.29) is 21.7 Å². The molecule has 6 heteroatoms. The van der Waals surface area contributed by atoms with Crippen molar-refractivity contribution in [3.8, 4) is 17.3 Å². The average Bonchev–Trinajstić information content (AvgIpc) is 1.71. The molecule has 15 rings (SSSR count). The number of para-hydroxylation sites is 1. The van der Waals surface area contributed by atoms with Crippen molar-refractivity contribution < 1.29 is 4.74 Å². The maximum absolute atomic E-state index is 7.10. The fourth-order valence-electron chi connectivity index (χ4n) is 15.4. The van der Waals surface area contributed by atoms with Gasteiger partial charge in [0, 0.05) is 58.3 Å². The summed E-state index contributed by atoms with van der Waals surface area (Å²) in [5, 5.41) is 7.70. The molecular formula is C76H76N4OSi+2. The molecule has 82 heavy (non-hydrogen) atoms. The summed E-state index contributed by atoms with van der Waals surface area (Å²) < 4.78 is 14.2. The van der Waals surface area contributed by atoms with Gasteiger partial charge < -0.3 is 4.74 Å². The molecule has 0 atom stereocenters. The van der Waals surface area contributed by atoms with Crippen molar-refractivity contribution in [2.45, 2.75) is 122 Å². The first-order valence-corrected chi connectivity index (χ1v) is 32.1. The minimum Gasteiger partial charge on any atom is -0.457 e. The monoisotopic (exact) mass is 1090 g/mol. The summed E-state index contributed by atoms with van der Waals surface area (Å²) in [6, 6.07) is 79.0. The van der Waals surface area contributed by atoms with Crippen LogP contribution in [0.25, 0.3) is 27.6 Å². The van der Waals surface area contributed by atoms with Crippen molar-refractivity contribution in [1.29, 1.82) is 0 Å². The molecule has 8 aromatic carbocycles. The minimum absolute atomic E-state index is 0.0305. The molecule has 5 nitrogen and oxygen atoms in total. The van der Waals surface area contributed by atoms with E-state index in [4.69, 9.17) is 9.72 Å². The first-order chi connectivity index (χ1) is 39.4. The number of hydrogen-bond donors (Lipinski definition) is 0. The molecule has 0 spiro atoms. The molecule has 0 N–H and O–H groups in total. The molecule has 4 fully saturated rings. The minimum atomic E-state index is -2.83. The lowest BCUT2D eigenvalue weighted by atomic mass is 9.48. The molecule has 0 saturated heterocycles. The van der Waals surface area contributed by atoms with Gasteiger partial charge in [0.05, 0.1) is 17.1 Å². The maximum Gasteiger partial charge on any atom is 0.503 e. The number of pyridine rings is 1. The van der Waals surface area contributed by atoms with Gasteiger partial charge in [-0.2, -0.15) is 0 Å². The van der Waals surface area contributed by atoms with Crippen molar-refractivity contribution >= 4 is 79.4 Å². The predicted octanol–water partition coefficient (Wildman–Crippen LogP) is 16.6. The highest BCUT2D eigenvalue weighted by molar-refractivity contribution is 7.20. The summed E-state index contributed by atoms with van der Waals surface area (Å²) in [6.07, 6.45) is 10.1. The topological polar surface area (TPSA) is 33.1 Å². The first-order valence-electron chi connectivity index (χ1n) is 30.1. The molecule has 2 aromatic heterocycles. The molecule has 0 radical (unpaired) electrons. The summed E-state index contributed by atoms with van der Waals surface area (Å²) in [6.45, 7) is 20.9. The Kier molecular flexibility index (Phi) is 12.3. The molecule has 10 aromatic rings. The van der Waals surface area contributed by atoms with E-state index in [0.717, 1.165) is 57.2 Å². The van der Waals surface area contributed by atoms with Gasteiger partial charge in [-0.05, 0) is 156 Å². The lowest BCUT2D eigenvalue weighted by Gasteiger charge is -2.56. The molecule has 5 aliphatic rings. The summed E-state index contributed by atoms with van der Waals surface area (Å²) in [5.74, 6) is 4.90. The number of ether oxygens (including phenoxy) is 1. The van der Waals surface area contributed by atoms with Gasteiger partial charge in [-0.3, -0.25) is 4.57 Å². The van der Waals surface area contributed by atoms with Crippen molar-refractivity contribution in [3.63, 3.8) is 0 Å². The Labute approximate surface area is 486 Å². The number of nitrogens with zero attached hydrogens (tertiary/aromatic N) is 4. The van der Waals surface area contributed by atoms with E-state index < -0.39 is 8.07 Å². The van der Waals surface area contributed by atoms with Crippen LogP contribution in [0.3, 0.4) is 0 Å². The quantitative estimate of drug-likeness (QED) is 0.0777. The fraction of sp³-hybridized carbons (Fsp3) is 0.289. The number of aromatic nitrogens is 2. The lowest BCUT2D eigenvalue weighted by molar-refractivity contribution is -0.00500. The van der Waals surface area contributed by atoms with Crippen molar-refractivity contribution in [1.82, 2.24) is 18.7 Å². The Bertz CT molecular complexity index is 4040. The third kappa shape index (κ3) is 8.84. The molecule has 0 unspecified atom stereocenters. The van der Waals surface area contributed by atoms with E-state index in [9.17, 15) is 0 Å². The van der Waals surface area contributed by atoms with Crippen LogP contribution in [0, 0.1) is 17.8 Å². The molecular weight excluding hydrogens is 1010 g/mol. The molecule has 1 aliphatic heterocycles. The number of rotatable bonds is 10. The zero-order valence-electron chi connectivity index (χ0n) is 49.3. The van der Waals surface area contributed by atoms with E-state index in [1.807, 2.05) is 6.20 Å². The van der Waals surface area contributed by atoms with Gasteiger partial charge in [0.2, 0.25) is 11.4 Å². The highest BCUT2D eigenvalue weighted by Crippen LogP contribution is 2.63. The van der Waals surface area contributed by atoms with Gasteiger partial charge in [0.1, 0.15) is 17.3 Å². The van der Waals surface area contributed by atoms with Gasteiger partial charge in [0.15, 0.2) is 8.07 Å². The Hall–Kier alpha value is -7.89. The molecule has 4 aliphatic carbocycles. The Morgan fingerprint density at radius 3 is 1.63 bits per heavy atom. The summed E-state index contributed by atoms with van der Waals surface area (Å²) >= 11 is 0. The number of fused-ring (bicyclic) bond motifs is 4. The van der Waals surface area contributed by atoms with Gasteiger partial charge in [-0.1, -0.05) is 190 Å². The van der Waals surface area contributed by atoms with E-state index >= 15 is 0 Å². The molecule has 3 heterocycles. The maximum atomic E-state index is 7.10. The highest BCUT2D eigenvalue weighted by Gasteiger charge is 2.55. The lowest BCUT2D eigenvalue weighted by Crippen LogP contribution is -2.74. The normalized spacial score (nSPS) is 19.6. The summed E-state index contributed by atoms with van der Waals surface area (Å²) in [4.78, 5) is 5.13. The third-order valence-corrected chi connectivity index (χ3v) is 23.9. The average molecular weight is 1090 g/mol. The molecule has 408 valence electrons. The third-order valence-electron chi connectivity index (χ3n) is 19.1. The first kappa shape index (κ1) is 52.2. The SMILES string of the molecule is CC(C)(C)c1cc([N+]2=C=[N+](c3cccc(Oc4ccc5c6cc([Si](c7ccccc7)(c7ccccc7)c7ccccc7)ccc6n(-c6cc(C(C)(C)C)ccn6)c5c4)c3)c3cccc(C45CC6CC(CC(C6)C4)C5)c32)cc(C(C)(C)C)c1. The van der Waals surface area contributed by atoms with Crippen molar-refractivity contribution in [2.75, 3.05) is 0 Å². The highest BCUT2D eigenvalue weighted by atomic mass is 28.3. The van der Waals surface area contributed by atoms with Crippen LogP contribution in [-0.2, 0) is 21.7 Å². The van der Waals surface area contributed by atoms with Crippen LogP contribution < -0.4 is 34.6 Å². The van der Waals surface area contributed by atoms with Crippen molar-refractivity contribution in [3.05, 3.63) is 229 Å². The zero-order chi connectivity index (χ0) is 56.3. The zero-order valence-corrected chi connectivity index (χ0v) is 50.3. The van der Waals surface area contributed by atoms with Gasteiger partial charge in [-0.25, -0.2) is 4.98 Å². The summed E-state index contributed by atoms with van der Waals surface area (Å²) in [7, 11) is -2.83. The van der Waals surface area contributed by atoms with Crippen LogP contribution in [0.4, 0.5) is 22.7 Å². The number of hydrogen-bond acceptors (Lipinski definition) is 2. The van der Waals surface area contributed by atoms with Crippen LogP contribution >= 0.6 is 0 Å². The van der Waals surface area contributed by atoms with Gasteiger partial charge >= 0.3 is 11.7 Å². The van der Waals surface area contributed by atoms with Gasteiger partial charge in [0.25, 0.3) is 5.69 Å². The van der Waals surface area contributed by atoms with Crippen LogP contribution in [0.5, 0.6) is 11.5 Å². The molecule has 4 bridgehead atoms. The standard InChI is InChI=1S/C76H76N4OSi/c1-73(2,3)54-35-36-77-71(43-54)80-68-34-32-64(82(61-23-13-10-14-24-61,62-25-15-11-16-26-62)63-27-17-12-18-28-63)46-66(68)65-33-31-60(45-70(65)80)81-59-22-19-21-57(44-59)78-50-79(58-41-55(74(4,5)6)40-56(42-58)75(7,8)9)72-67(29-20-30-69(72)78)76-47-51-37-52(48-76)39-53(38-51)49-76/h10-36,40-46,51-53H,37-39,47-49H2,1-9H3/q+2. The summed E-state index contributed by atoms with van der Waals surface area (Å²) in [5.41, 5.74) is 12.3. The molecule has 0 amide bonds.